The zero-order valence-corrected chi connectivity index (χ0v) is 22.1. The van der Waals surface area contributed by atoms with Gasteiger partial charge in [0.25, 0.3) is 0 Å². The Morgan fingerprint density at radius 2 is 1.63 bits per heavy atom. The molecule has 1 saturated carbocycles. The van der Waals surface area contributed by atoms with Crippen LogP contribution in [0.15, 0.2) is 89.6 Å². The number of hydrogen-bond acceptors (Lipinski definition) is 5. The van der Waals surface area contributed by atoms with E-state index in [-0.39, 0.29) is 17.9 Å². The average molecular weight is 522 g/mol. The third-order valence-electron chi connectivity index (χ3n) is 7.83. The minimum absolute atomic E-state index is 0.0215. The molecule has 0 bridgehead atoms. The van der Waals surface area contributed by atoms with Gasteiger partial charge in [-0.15, -0.1) is 5.10 Å². The van der Waals surface area contributed by atoms with E-state index in [1.54, 1.807) is 16.0 Å². The second kappa shape index (κ2) is 10.4. The van der Waals surface area contributed by atoms with E-state index in [4.69, 9.17) is 5.73 Å². The molecule has 6 rings (SSSR count). The van der Waals surface area contributed by atoms with Gasteiger partial charge >= 0.3 is 0 Å². The number of rotatable bonds is 7. The standard InChI is InChI=1S/C31H31N5OS/c32-26-12-8-24(9-13-26)31(17-4-1-5-18-31)25-10-14-27(15-11-25)35(20-23-16-19-38-22-23)30(37)21-36-29-7-3-2-6-28(29)33-34-36/h2-3,6-16,19,22H,1,4-5,17-18,20-21,32H2. The zero-order valence-electron chi connectivity index (χ0n) is 21.3. The lowest BCUT2D eigenvalue weighted by atomic mass is 9.65. The molecule has 0 saturated heterocycles. The highest BCUT2D eigenvalue weighted by Crippen LogP contribution is 2.45. The molecule has 0 spiro atoms. The minimum Gasteiger partial charge on any atom is -0.399 e. The molecule has 2 heterocycles. The summed E-state index contributed by atoms with van der Waals surface area (Å²) >= 11 is 1.64. The first-order chi connectivity index (χ1) is 18.6. The molecule has 2 N–H and O–H groups in total. The summed E-state index contributed by atoms with van der Waals surface area (Å²) in [5.74, 6) is -0.0227. The van der Waals surface area contributed by atoms with Crippen LogP contribution in [0.2, 0.25) is 0 Å². The van der Waals surface area contributed by atoms with Gasteiger partial charge in [0, 0.05) is 16.8 Å². The number of nitrogen functional groups attached to an aromatic ring is 1. The van der Waals surface area contributed by atoms with Crippen LogP contribution in [0.25, 0.3) is 11.0 Å². The van der Waals surface area contributed by atoms with Crippen LogP contribution in [0.3, 0.4) is 0 Å². The molecule has 1 aliphatic rings. The van der Waals surface area contributed by atoms with Crippen molar-refractivity contribution in [3.05, 3.63) is 106 Å². The second-order valence-corrected chi connectivity index (χ2v) is 10.9. The molecule has 6 nitrogen and oxygen atoms in total. The number of nitrogens with two attached hydrogens (primary N) is 1. The second-order valence-electron chi connectivity index (χ2n) is 10.2. The van der Waals surface area contributed by atoms with Crippen molar-refractivity contribution in [2.75, 3.05) is 10.6 Å². The van der Waals surface area contributed by atoms with E-state index in [9.17, 15) is 4.79 Å². The lowest BCUT2D eigenvalue weighted by Crippen LogP contribution is -2.34. The third kappa shape index (κ3) is 4.70. The number of amides is 1. The van der Waals surface area contributed by atoms with Gasteiger partial charge in [-0.2, -0.15) is 11.3 Å². The molecule has 3 aromatic carbocycles. The van der Waals surface area contributed by atoms with Gasteiger partial charge in [-0.1, -0.05) is 60.9 Å². The first-order valence-electron chi connectivity index (χ1n) is 13.2. The van der Waals surface area contributed by atoms with Gasteiger partial charge in [-0.3, -0.25) is 4.79 Å². The summed E-state index contributed by atoms with van der Waals surface area (Å²) in [7, 11) is 0. The van der Waals surface area contributed by atoms with Crippen LogP contribution in [0.4, 0.5) is 11.4 Å². The summed E-state index contributed by atoms with van der Waals surface area (Å²) in [6.45, 7) is 0.638. The quantitative estimate of drug-likeness (QED) is 0.246. The Balaban J connectivity index is 1.32. The summed E-state index contributed by atoms with van der Waals surface area (Å²) < 4.78 is 1.69. The summed E-state index contributed by atoms with van der Waals surface area (Å²) in [6, 6.07) is 26.8. The van der Waals surface area contributed by atoms with Gasteiger partial charge in [-0.25, -0.2) is 4.68 Å². The van der Waals surface area contributed by atoms with E-state index in [0.717, 1.165) is 40.8 Å². The minimum atomic E-state index is -0.0227. The van der Waals surface area contributed by atoms with Crippen LogP contribution < -0.4 is 10.6 Å². The normalized spacial score (nSPS) is 14.9. The Labute approximate surface area is 226 Å². The fraction of sp³-hybridized carbons (Fsp3) is 0.258. The molecule has 0 atom stereocenters. The Kier molecular flexibility index (Phi) is 6.68. The molecule has 192 valence electrons. The van der Waals surface area contributed by atoms with E-state index < -0.39 is 0 Å². The molecule has 7 heteroatoms. The summed E-state index contributed by atoms with van der Waals surface area (Å²) in [6.07, 6.45) is 5.93. The van der Waals surface area contributed by atoms with Crippen molar-refractivity contribution in [2.24, 2.45) is 0 Å². The van der Waals surface area contributed by atoms with Gasteiger partial charge in [0.15, 0.2) is 0 Å². The maximum Gasteiger partial charge on any atom is 0.249 e. The van der Waals surface area contributed by atoms with Crippen LogP contribution >= 0.6 is 11.3 Å². The number of aromatic nitrogens is 3. The van der Waals surface area contributed by atoms with Crippen LogP contribution in [0.5, 0.6) is 0 Å². The number of anilines is 2. The molecule has 0 radical (unpaired) electrons. The lowest BCUT2D eigenvalue weighted by Gasteiger charge is -2.39. The highest BCUT2D eigenvalue weighted by molar-refractivity contribution is 7.07. The van der Waals surface area contributed by atoms with E-state index in [1.807, 2.05) is 46.7 Å². The van der Waals surface area contributed by atoms with Gasteiger partial charge in [0.05, 0.1) is 12.1 Å². The number of benzene rings is 3. The first-order valence-corrected chi connectivity index (χ1v) is 14.1. The molecule has 1 amide bonds. The van der Waals surface area contributed by atoms with Crippen molar-refractivity contribution in [1.82, 2.24) is 15.0 Å². The topological polar surface area (TPSA) is 77.0 Å². The Bertz CT molecular complexity index is 1520. The molecule has 1 fully saturated rings. The monoisotopic (exact) mass is 521 g/mol. The van der Waals surface area contributed by atoms with Crippen molar-refractivity contribution < 1.29 is 4.79 Å². The number of carbonyl (C=O) groups is 1. The number of fused-ring (bicyclic) bond motifs is 1. The van der Waals surface area contributed by atoms with E-state index in [0.29, 0.717) is 6.54 Å². The van der Waals surface area contributed by atoms with Crippen LogP contribution in [-0.2, 0) is 23.3 Å². The van der Waals surface area contributed by atoms with Crippen molar-refractivity contribution >= 4 is 39.7 Å². The van der Waals surface area contributed by atoms with E-state index >= 15 is 0 Å². The zero-order chi connectivity index (χ0) is 26.0. The molecular formula is C31H31N5OS. The number of para-hydroxylation sites is 1. The Hall–Kier alpha value is -3.97. The fourth-order valence-corrected chi connectivity index (χ4v) is 6.46. The summed E-state index contributed by atoms with van der Waals surface area (Å²) in [4.78, 5) is 15.6. The van der Waals surface area contributed by atoms with Gasteiger partial charge in [0.1, 0.15) is 12.1 Å². The molecule has 5 aromatic rings. The van der Waals surface area contributed by atoms with Crippen molar-refractivity contribution in [2.45, 2.75) is 50.6 Å². The number of hydrogen-bond donors (Lipinski definition) is 1. The highest BCUT2D eigenvalue weighted by Gasteiger charge is 2.35. The largest absolute Gasteiger partial charge is 0.399 e. The molecule has 0 aliphatic heterocycles. The number of thiophene rings is 1. The van der Waals surface area contributed by atoms with E-state index in [1.165, 1.54) is 30.4 Å². The van der Waals surface area contributed by atoms with E-state index in [2.05, 4.69) is 58.2 Å². The number of nitrogens with zero attached hydrogens (tertiary/aromatic N) is 4. The van der Waals surface area contributed by atoms with Gasteiger partial charge < -0.3 is 10.6 Å². The third-order valence-corrected chi connectivity index (χ3v) is 8.56. The maximum absolute atomic E-state index is 13.7. The summed E-state index contributed by atoms with van der Waals surface area (Å²) in [5, 5.41) is 12.6. The number of carbonyl (C=O) groups excluding carboxylic acids is 1. The highest BCUT2D eigenvalue weighted by atomic mass is 32.1. The molecule has 0 unspecified atom stereocenters. The molecule has 1 aliphatic carbocycles. The first kappa shape index (κ1) is 24.4. The average Bonchev–Trinajstić information content (AvgIpc) is 3.63. The predicted octanol–water partition coefficient (Wildman–Crippen LogP) is 6.56. The smallest absolute Gasteiger partial charge is 0.249 e. The van der Waals surface area contributed by atoms with Crippen molar-refractivity contribution in [3.63, 3.8) is 0 Å². The Morgan fingerprint density at radius 1 is 0.921 bits per heavy atom. The lowest BCUT2D eigenvalue weighted by molar-refractivity contribution is -0.119. The molecular weight excluding hydrogens is 490 g/mol. The maximum atomic E-state index is 13.7. The van der Waals surface area contributed by atoms with Crippen LogP contribution in [-0.4, -0.2) is 20.9 Å². The van der Waals surface area contributed by atoms with Crippen molar-refractivity contribution in [3.8, 4) is 0 Å². The summed E-state index contributed by atoms with van der Waals surface area (Å²) in [5.41, 5.74) is 13.0. The SMILES string of the molecule is Nc1ccc(C2(c3ccc(N(Cc4ccsc4)C(=O)Cn4nnc5ccccc54)cc3)CCCCC2)cc1. The van der Waals surface area contributed by atoms with Crippen LogP contribution in [0, 0.1) is 0 Å². The van der Waals surface area contributed by atoms with Gasteiger partial charge in [0.2, 0.25) is 5.91 Å². The molecule has 2 aromatic heterocycles. The predicted molar refractivity (Wildman–Crippen MR) is 154 cm³/mol. The Morgan fingerprint density at radius 3 is 2.34 bits per heavy atom. The van der Waals surface area contributed by atoms with Crippen LogP contribution in [0.1, 0.15) is 48.8 Å². The van der Waals surface area contributed by atoms with Gasteiger partial charge in [-0.05, 0) is 82.8 Å². The fourth-order valence-electron chi connectivity index (χ4n) is 5.80. The molecule has 38 heavy (non-hydrogen) atoms. The van der Waals surface area contributed by atoms with Crippen molar-refractivity contribution in [1.29, 1.82) is 0 Å².